The fourth-order valence-electron chi connectivity index (χ4n) is 1.86. The summed E-state index contributed by atoms with van der Waals surface area (Å²) in [5.74, 6) is 0. The van der Waals surface area contributed by atoms with Gasteiger partial charge in [0, 0.05) is 17.8 Å². The van der Waals surface area contributed by atoms with Gasteiger partial charge in [0.1, 0.15) is 0 Å². The molecule has 2 rings (SSSR count). The zero-order chi connectivity index (χ0) is 13.1. The fraction of sp³-hybridized carbons (Fsp3) is 0.308. The highest BCUT2D eigenvalue weighted by atomic mass is 16.6. The molecule has 0 bridgehead atoms. The first-order valence-electron chi connectivity index (χ1n) is 5.98. The molecule has 5 heteroatoms. The lowest BCUT2D eigenvalue weighted by Gasteiger charge is -2.05. The van der Waals surface area contributed by atoms with E-state index in [-0.39, 0.29) is 10.6 Å². The van der Waals surface area contributed by atoms with Gasteiger partial charge in [-0.15, -0.1) is 0 Å². The zero-order valence-electron chi connectivity index (χ0n) is 10.5. The second-order valence-corrected chi connectivity index (χ2v) is 4.02. The highest BCUT2D eigenvalue weighted by Gasteiger charge is 2.11. The maximum atomic E-state index is 10.8. The van der Waals surface area contributed by atoms with Crippen LogP contribution in [0.2, 0.25) is 0 Å². The molecular formula is C13H15N3O2. The van der Waals surface area contributed by atoms with Crippen LogP contribution in [0.4, 0.5) is 5.69 Å². The number of hydrogen-bond acceptors (Lipinski definition) is 3. The molecule has 0 saturated heterocycles. The average molecular weight is 245 g/mol. The van der Waals surface area contributed by atoms with Crippen LogP contribution in [0.1, 0.15) is 25.2 Å². The van der Waals surface area contributed by atoms with Gasteiger partial charge in [0.25, 0.3) is 5.69 Å². The average Bonchev–Trinajstić information content (AvgIpc) is 2.82. The van der Waals surface area contributed by atoms with Crippen molar-refractivity contribution in [3.63, 3.8) is 0 Å². The van der Waals surface area contributed by atoms with E-state index in [9.17, 15) is 10.1 Å². The van der Waals surface area contributed by atoms with Crippen LogP contribution in [-0.2, 0) is 12.8 Å². The van der Waals surface area contributed by atoms with Gasteiger partial charge in [0.15, 0.2) is 0 Å². The Hall–Kier alpha value is -2.17. The van der Waals surface area contributed by atoms with Gasteiger partial charge in [0.2, 0.25) is 0 Å². The molecular weight excluding hydrogens is 230 g/mol. The standard InChI is InChI=1S/C13H15N3O2/c1-3-10-8-11(4-2)15(14-10)12-6-5-7-13(9-12)16(17)18/h5-9H,3-4H2,1-2H3. The van der Waals surface area contributed by atoms with Crippen molar-refractivity contribution in [2.45, 2.75) is 26.7 Å². The number of aromatic nitrogens is 2. The first kappa shape index (κ1) is 12.3. The van der Waals surface area contributed by atoms with E-state index in [4.69, 9.17) is 0 Å². The van der Waals surface area contributed by atoms with Crippen molar-refractivity contribution >= 4 is 5.69 Å². The van der Waals surface area contributed by atoms with Crippen LogP contribution in [0.3, 0.4) is 0 Å². The molecule has 0 aliphatic heterocycles. The summed E-state index contributed by atoms with van der Waals surface area (Å²) in [6.45, 7) is 4.09. The van der Waals surface area contributed by atoms with Gasteiger partial charge in [-0.25, -0.2) is 4.68 Å². The van der Waals surface area contributed by atoms with Crippen LogP contribution in [0, 0.1) is 10.1 Å². The van der Waals surface area contributed by atoms with Crippen molar-refractivity contribution in [2.24, 2.45) is 0 Å². The normalized spacial score (nSPS) is 10.6. The molecule has 0 spiro atoms. The Labute approximate surface area is 105 Å². The summed E-state index contributed by atoms with van der Waals surface area (Å²) in [5.41, 5.74) is 2.88. The predicted molar refractivity (Wildman–Crippen MR) is 69.0 cm³/mol. The third-order valence-electron chi connectivity index (χ3n) is 2.84. The Bertz CT molecular complexity index is 575. The van der Waals surface area contributed by atoms with Crippen LogP contribution in [0.25, 0.3) is 5.69 Å². The number of hydrogen-bond donors (Lipinski definition) is 0. The van der Waals surface area contributed by atoms with E-state index in [2.05, 4.69) is 5.10 Å². The molecule has 0 radical (unpaired) electrons. The molecule has 0 saturated carbocycles. The molecule has 1 aromatic carbocycles. The van der Waals surface area contributed by atoms with Crippen molar-refractivity contribution in [3.05, 3.63) is 51.8 Å². The van der Waals surface area contributed by atoms with Crippen molar-refractivity contribution in [1.82, 2.24) is 9.78 Å². The molecule has 2 aromatic rings. The number of non-ortho nitro benzene ring substituents is 1. The molecule has 0 unspecified atom stereocenters. The molecule has 0 amide bonds. The molecule has 94 valence electrons. The molecule has 0 N–H and O–H groups in total. The molecule has 1 heterocycles. The summed E-state index contributed by atoms with van der Waals surface area (Å²) in [4.78, 5) is 10.4. The van der Waals surface area contributed by atoms with E-state index in [1.165, 1.54) is 6.07 Å². The van der Waals surface area contributed by atoms with Gasteiger partial charge in [-0.2, -0.15) is 5.10 Å². The summed E-state index contributed by atoms with van der Waals surface area (Å²) >= 11 is 0. The van der Waals surface area contributed by atoms with Crippen molar-refractivity contribution in [2.75, 3.05) is 0 Å². The van der Waals surface area contributed by atoms with Crippen molar-refractivity contribution in [1.29, 1.82) is 0 Å². The quantitative estimate of drug-likeness (QED) is 0.614. The number of aryl methyl sites for hydroxylation is 2. The summed E-state index contributed by atoms with van der Waals surface area (Å²) in [7, 11) is 0. The molecule has 5 nitrogen and oxygen atoms in total. The monoisotopic (exact) mass is 245 g/mol. The van der Waals surface area contributed by atoms with Gasteiger partial charge < -0.3 is 0 Å². The number of rotatable bonds is 4. The van der Waals surface area contributed by atoms with Gasteiger partial charge >= 0.3 is 0 Å². The number of nitro groups is 1. The highest BCUT2D eigenvalue weighted by molar-refractivity contribution is 5.43. The number of nitrogens with zero attached hydrogens (tertiary/aromatic N) is 3. The summed E-state index contributed by atoms with van der Waals surface area (Å²) < 4.78 is 1.78. The van der Waals surface area contributed by atoms with Crippen molar-refractivity contribution < 1.29 is 4.92 Å². The Morgan fingerprint density at radius 1 is 1.28 bits per heavy atom. The summed E-state index contributed by atoms with van der Waals surface area (Å²) in [6, 6.07) is 8.59. The number of benzene rings is 1. The van der Waals surface area contributed by atoms with Crippen LogP contribution in [0.15, 0.2) is 30.3 Å². The zero-order valence-corrected chi connectivity index (χ0v) is 10.5. The third-order valence-corrected chi connectivity index (χ3v) is 2.84. The Balaban J connectivity index is 2.50. The Morgan fingerprint density at radius 2 is 2.06 bits per heavy atom. The van der Waals surface area contributed by atoms with Crippen LogP contribution < -0.4 is 0 Å². The van der Waals surface area contributed by atoms with Gasteiger partial charge in [-0.1, -0.05) is 19.9 Å². The van der Waals surface area contributed by atoms with E-state index < -0.39 is 0 Å². The topological polar surface area (TPSA) is 61.0 Å². The van der Waals surface area contributed by atoms with E-state index >= 15 is 0 Å². The number of nitro benzene ring substituents is 1. The van der Waals surface area contributed by atoms with E-state index in [1.807, 2.05) is 26.0 Å². The van der Waals surface area contributed by atoms with Crippen molar-refractivity contribution in [3.8, 4) is 5.69 Å². The smallest absolute Gasteiger partial charge is 0.258 e. The summed E-state index contributed by atoms with van der Waals surface area (Å²) in [6.07, 6.45) is 1.70. The minimum atomic E-state index is -0.390. The lowest BCUT2D eigenvalue weighted by atomic mass is 10.2. The Kier molecular flexibility index (Phi) is 3.41. The molecule has 0 aliphatic rings. The van der Waals surface area contributed by atoms with Crippen LogP contribution in [0.5, 0.6) is 0 Å². The minimum absolute atomic E-state index is 0.0862. The van der Waals surface area contributed by atoms with E-state index in [1.54, 1.807) is 16.8 Å². The summed E-state index contributed by atoms with van der Waals surface area (Å²) in [5, 5.41) is 15.2. The first-order chi connectivity index (χ1) is 8.65. The Morgan fingerprint density at radius 3 is 2.67 bits per heavy atom. The third kappa shape index (κ3) is 2.25. The fourth-order valence-corrected chi connectivity index (χ4v) is 1.86. The minimum Gasteiger partial charge on any atom is -0.258 e. The highest BCUT2D eigenvalue weighted by Crippen LogP contribution is 2.19. The van der Waals surface area contributed by atoms with E-state index in [0.717, 1.165) is 29.9 Å². The lowest BCUT2D eigenvalue weighted by molar-refractivity contribution is -0.384. The molecule has 0 atom stereocenters. The van der Waals surface area contributed by atoms with Crippen LogP contribution in [-0.4, -0.2) is 14.7 Å². The molecule has 1 aromatic heterocycles. The molecule has 18 heavy (non-hydrogen) atoms. The SMILES string of the molecule is CCc1cc(CC)n(-c2cccc([N+](=O)[O-])c2)n1. The molecule has 0 aliphatic carbocycles. The first-order valence-corrected chi connectivity index (χ1v) is 5.98. The maximum Gasteiger partial charge on any atom is 0.271 e. The predicted octanol–water partition coefficient (Wildman–Crippen LogP) is 2.91. The largest absolute Gasteiger partial charge is 0.271 e. The lowest BCUT2D eigenvalue weighted by Crippen LogP contribution is -2.02. The van der Waals surface area contributed by atoms with Gasteiger partial charge in [-0.05, 0) is 25.0 Å². The van der Waals surface area contributed by atoms with Gasteiger partial charge in [-0.3, -0.25) is 10.1 Å². The second-order valence-electron chi connectivity index (χ2n) is 4.02. The van der Waals surface area contributed by atoms with Crippen LogP contribution >= 0.6 is 0 Å². The van der Waals surface area contributed by atoms with Gasteiger partial charge in [0.05, 0.1) is 16.3 Å². The van der Waals surface area contributed by atoms with E-state index in [0.29, 0.717) is 0 Å². The molecule has 0 fully saturated rings. The maximum absolute atomic E-state index is 10.8. The second kappa shape index (κ2) is 5.00.